The first-order valence-corrected chi connectivity index (χ1v) is 11.5. The molecular formula is C24H31N3O3. The van der Waals surface area contributed by atoms with Crippen LogP contribution >= 0.6 is 0 Å². The first-order valence-electron chi connectivity index (χ1n) is 11.5. The zero-order chi connectivity index (χ0) is 20.9. The smallest absolute Gasteiger partial charge is 0.256 e. The molecule has 2 amide bonds. The summed E-state index contributed by atoms with van der Waals surface area (Å²) in [4.78, 5) is 38.3. The van der Waals surface area contributed by atoms with Crippen molar-refractivity contribution in [3.63, 3.8) is 0 Å². The lowest BCUT2D eigenvalue weighted by Gasteiger charge is -2.26. The van der Waals surface area contributed by atoms with Gasteiger partial charge in [0.25, 0.3) is 11.8 Å². The number of carbonyl (C=O) groups excluding carboxylic acids is 2. The molecule has 0 aliphatic heterocycles. The number of rotatable bonds is 5. The molecule has 0 aromatic carbocycles. The summed E-state index contributed by atoms with van der Waals surface area (Å²) in [5, 5.41) is 5.57. The summed E-state index contributed by atoms with van der Waals surface area (Å²) in [6.45, 7) is 0.596. The fraction of sp³-hybridized carbons (Fsp3) is 0.625. The minimum atomic E-state index is -0.481. The molecule has 160 valence electrons. The van der Waals surface area contributed by atoms with E-state index in [0.29, 0.717) is 29.7 Å². The van der Waals surface area contributed by atoms with Gasteiger partial charge in [-0.1, -0.05) is 31.4 Å². The van der Waals surface area contributed by atoms with E-state index in [2.05, 4.69) is 22.8 Å². The maximum absolute atomic E-state index is 13.0. The number of allylic oxidation sites excluding steroid dienone is 2. The van der Waals surface area contributed by atoms with E-state index in [4.69, 9.17) is 0 Å². The van der Waals surface area contributed by atoms with Crippen molar-refractivity contribution in [2.24, 2.45) is 23.2 Å². The third-order valence-electron chi connectivity index (χ3n) is 8.13. The zero-order valence-electron chi connectivity index (χ0n) is 17.7. The molecule has 1 spiro atoms. The van der Waals surface area contributed by atoms with Gasteiger partial charge in [-0.2, -0.15) is 0 Å². The highest BCUT2D eigenvalue weighted by molar-refractivity contribution is 5.99. The van der Waals surface area contributed by atoms with Crippen LogP contribution in [0.5, 0.6) is 0 Å². The molecule has 2 N–H and O–H groups in total. The number of nitrogens with zero attached hydrogens (tertiary/aromatic N) is 1. The van der Waals surface area contributed by atoms with E-state index in [0.717, 1.165) is 32.1 Å². The quantitative estimate of drug-likeness (QED) is 0.734. The molecule has 1 aromatic heterocycles. The van der Waals surface area contributed by atoms with Crippen molar-refractivity contribution in [2.75, 3.05) is 13.6 Å². The zero-order valence-corrected chi connectivity index (χ0v) is 17.7. The summed E-state index contributed by atoms with van der Waals surface area (Å²) >= 11 is 0. The van der Waals surface area contributed by atoms with Gasteiger partial charge in [-0.25, -0.2) is 0 Å². The van der Waals surface area contributed by atoms with Crippen molar-refractivity contribution in [3.8, 4) is 0 Å². The van der Waals surface area contributed by atoms with Crippen molar-refractivity contribution < 1.29 is 9.59 Å². The average molecular weight is 410 g/mol. The van der Waals surface area contributed by atoms with E-state index >= 15 is 0 Å². The number of carbonyl (C=O) groups is 2. The van der Waals surface area contributed by atoms with Gasteiger partial charge >= 0.3 is 0 Å². The molecule has 3 fully saturated rings. The summed E-state index contributed by atoms with van der Waals surface area (Å²) < 4.78 is 1.93. The van der Waals surface area contributed by atoms with E-state index in [1.54, 1.807) is 12.4 Å². The Morgan fingerprint density at radius 2 is 1.77 bits per heavy atom. The molecule has 1 aromatic rings. The van der Waals surface area contributed by atoms with Crippen LogP contribution in [0.3, 0.4) is 0 Å². The Labute approximate surface area is 177 Å². The lowest BCUT2D eigenvalue weighted by Crippen LogP contribution is -2.37. The first kappa shape index (κ1) is 19.6. The Balaban J connectivity index is 1.37. The third-order valence-corrected chi connectivity index (χ3v) is 8.13. The van der Waals surface area contributed by atoms with E-state index in [1.165, 1.54) is 26.3 Å². The Hall–Kier alpha value is -2.37. The van der Waals surface area contributed by atoms with Gasteiger partial charge in [-0.05, 0) is 55.3 Å². The number of aromatic nitrogens is 1. The topological polar surface area (TPSA) is 80.2 Å². The van der Waals surface area contributed by atoms with Crippen molar-refractivity contribution in [2.45, 2.75) is 57.4 Å². The first-order chi connectivity index (χ1) is 14.5. The Bertz CT molecular complexity index is 953. The highest BCUT2D eigenvalue weighted by Crippen LogP contribution is 2.69. The molecule has 0 radical (unpaired) electrons. The van der Waals surface area contributed by atoms with Crippen LogP contribution in [0.2, 0.25) is 0 Å². The van der Waals surface area contributed by atoms with Gasteiger partial charge in [-0.15, -0.1) is 0 Å². The molecule has 5 rings (SSSR count). The standard InChI is InChI=1S/C24H31N3O3/c1-25-22(29)18-13-27(17-5-3-2-4-6-17)14-19(21(18)28)23(30)26-12-15-11-16-7-8-20(15)24(16)9-10-24/h7-8,13-17,20H,2-6,9-12H2,1H3,(H,25,29)(H,26,30). The van der Waals surface area contributed by atoms with Gasteiger partial charge in [-0.3, -0.25) is 14.4 Å². The molecular weight excluding hydrogens is 378 g/mol. The summed E-state index contributed by atoms with van der Waals surface area (Å²) in [6, 6.07) is 0.236. The van der Waals surface area contributed by atoms with Gasteiger partial charge < -0.3 is 15.2 Å². The van der Waals surface area contributed by atoms with E-state index < -0.39 is 11.3 Å². The largest absolute Gasteiger partial charge is 0.355 e. The molecule has 2 bridgehead atoms. The second kappa shape index (κ2) is 7.40. The van der Waals surface area contributed by atoms with Crippen molar-refractivity contribution >= 4 is 11.8 Å². The van der Waals surface area contributed by atoms with E-state index in [-0.39, 0.29) is 23.1 Å². The van der Waals surface area contributed by atoms with Crippen LogP contribution in [0.15, 0.2) is 29.3 Å². The third kappa shape index (κ3) is 3.12. The predicted octanol–water partition coefficient (Wildman–Crippen LogP) is 3.05. The van der Waals surface area contributed by atoms with Crippen LogP contribution in [0.4, 0.5) is 0 Å². The second-order valence-corrected chi connectivity index (χ2v) is 9.69. The maximum atomic E-state index is 13.0. The fourth-order valence-corrected chi connectivity index (χ4v) is 6.32. The van der Waals surface area contributed by atoms with Crippen molar-refractivity contribution in [1.82, 2.24) is 15.2 Å². The molecule has 4 aliphatic rings. The number of nitrogens with one attached hydrogen (secondary N) is 2. The number of hydrogen-bond acceptors (Lipinski definition) is 3. The molecule has 6 heteroatoms. The minimum absolute atomic E-state index is 0.0514. The molecule has 1 heterocycles. The summed E-state index contributed by atoms with van der Waals surface area (Å²) in [5.41, 5.74) is 0.143. The summed E-state index contributed by atoms with van der Waals surface area (Å²) in [7, 11) is 1.51. The summed E-state index contributed by atoms with van der Waals surface area (Å²) in [5.74, 6) is 0.901. The van der Waals surface area contributed by atoms with Crippen LogP contribution in [-0.2, 0) is 0 Å². The highest BCUT2D eigenvalue weighted by atomic mass is 16.2. The second-order valence-electron chi connectivity index (χ2n) is 9.69. The Kier molecular flexibility index (Phi) is 4.83. The molecule has 6 nitrogen and oxygen atoms in total. The predicted molar refractivity (Wildman–Crippen MR) is 114 cm³/mol. The number of amides is 2. The van der Waals surface area contributed by atoms with E-state index in [9.17, 15) is 14.4 Å². The minimum Gasteiger partial charge on any atom is -0.355 e. The van der Waals surface area contributed by atoms with Crippen LogP contribution in [0.25, 0.3) is 0 Å². The molecule has 30 heavy (non-hydrogen) atoms. The lowest BCUT2D eigenvalue weighted by molar-refractivity contribution is 0.0941. The normalized spacial score (nSPS) is 28.6. The number of pyridine rings is 1. The van der Waals surface area contributed by atoms with Crippen molar-refractivity contribution in [1.29, 1.82) is 0 Å². The monoisotopic (exact) mass is 409 g/mol. The molecule has 3 unspecified atom stereocenters. The number of hydrogen-bond donors (Lipinski definition) is 2. The summed E-state index contributed by atoms with van der Waals surface area (Å²) in [6.07, 6.45) is 17.3. The Morgan fingerprint density at radius 3 is 2.40 bits per heavy atom. The average Bonchev–Trinajstić information content (AvgIpc) is 3.45. The van der Waals surface area contributed by atoms with Crippen LogP contribution < -0.4 is 16.1 Å². The van der Waals surface area contributed by atoms with Gasteiger partial charge in [0.05, 0.1) is 0 Å². The lowest BCUT2D eigenvalue weighted by atomic mass is 9.89. The maximum Gasteiger partial charge on any atom is 0.256 e. The SMILES string of the molecule is CNC(=O)c1cn(C2CCCCC2)cc(C(=O)NCC2CC3C=CC2C32CC2)c1=O. The van der Waals surface area contributed by atoms with Crippen molar-refractivity contribution in [3.05, 3.63) is 45.9 Å². The van der Waals surface area contributed by atoms with Crippen LogP contribution in [0.1, 0.15) is 78.1 Å². The van der Waals surface area contributed by atoms with E-state index in [1.807, 2.05) is 4.57 Å². The Morgan fingerprint density at radius 1 is 1.07 bits per heavy atom. The molecule has 3 atom stereocenters. The molecule has 4 aliphatic carbocycles. The van der Waals surface area contributed by atoms with Gasteiger partial charge in [0.15, 0.2) is 0 Å². The van der Waals surface area contributed by atoms with Crippen LogP contribution in [0, 0.1) is 23.2 Å². The fourth-order valence-electron chi connectivity index (χ4n) is 6.32. The van der Waals surface area contributed by atoms with Gasteiger partial charge in [0.2, 0.25) is 5.43 Å². The van der Waals surface area contributed by atoms with Gasteiger partial charge in [0, 0.05) is 32.0 Å². The van der Waals surface area contributed by atoms with Gasteiger partial charge in [0.1, 0.15) is 11.1 Å². The molecule has 3 saturated carbocycles. The highest BCUT2D eigenvalue weighted by Gasteiger charge is 2.62. The van der Waals surface area contributed by atoms with Crippen LogP contribution in [-0.4, -0.2) is 30.0 Å². The molecule has 0 saturated heterocycles.